The minimum absolute atomic E-state index is 0.0228. The summed E-state index contributed by atoms with van der Waals surface area (Å²) in [6, 6.07) is 72.9. The van der Waals surface area contributed by atoms with Gasteiger partial charge in [0, 0.05) is 5.69 Å². The Hall–Kier alpha value is -7.36. The first-order valence-electron chi connectivity index (χ1n) is 20.9. The van der Waals surface area contributed by atoms with Crippen LogP contribution in [0.25, 0.3) is 55.6 Å². The van der Waals surface area contributed by atoms with Crippen molar-refractivity contribution < 1.29 is 4.74 Å². The van der Waals surface area contributed by atoms with E-state index in [0.29, 0.717) is 0 Å². The predicted molar refractivity (Wildman–Crippen MR) is 254 cm³/mol. The fourth-order valence-electron chi connectivity index (χ4n) is 9.68. The SMILES string of the molecule is Cc1cc(C)c(B2c3cc(-c4ccccc4)ccc3N3c4ccc(-c5ccc(-c6ccccc6)cc5)cc4Oc4cc(-c5ccc(-c6ccccc6)cc5)cc2c43)c(C)c1. The molecular formula is C57H42BNO. The van der Waals surface area contributed by atoms with Crippen LogP contribution in [0.4, 0.5) is 17.1 Å². The van der Waals surface area contributed by atoms with Crippen molar-refractivity contribution in [3.05, 3.63) is 217 Å². The van der Waals surface area contributed by atoms with Gasteiger partial charge in [-0.1, -0.05) is 198 Å². The molecule has 2 heterocycles. The highest BCUT2D eigenvalue weighted by atomic mass is 16.5. The van der Waals surface area contributed by atoms with Crippen molar-refractivity contribution >= 4 is 40.2 Å². The zero-order valence-electron chi connectivity index (χ0n) is 34.0. The number of anilines is 3. The lowest BCUT2D eigenvalue weighted by molar-refractivity contribution is 0.478. The Balaban J connectivity index is 1.12. The Morgan fingerprint density at radius 2 is 0.750 bits per heavy atom. The molecule has 0 atom stereocenters. The molecule has 2 aliphatic rings. The van der Waals surface area contributed by atoms with Gasteiger partial charge < -0.3 is 9.64 Å². The van der Waals surface area contributed by atoms with Crippen LogP contribution in [0.15, 0.2) is 200 Å². The fraction of sp³-hybridized carbons (Fsp3) is 0.0526. The van der Waals surface area contributed by atoms with E-state index < -0.39 is 0 Å². The van der Waals surface area contributed by atoms with Gasteiger partial charge in [0.05, 0.1) is 11.4 Å². The average Bonchev–Trinajstić information content (AvgIpc) is 3.30. The summed E-state index contributed by atoms with van der Waals surface area (Å²) in [6.45, 7) is 6.73. The lowest BCUT2D eigenvalue weighted by Crippen LogP contribution is -2.59. The maximum Gasteiger partial charge on any atom is 0.247 e. The zero-order chi connectivity index (χ0) is 40.3. The van der Waals surface area contributed by atoms with Crippen molar-refractivity contribution in [2.45, 2.75) is 20.8 Å². The Morgan fingerprint density at radius 3 is 1.30 bits per heavy atom. The normalized spacial score (nSPS) is 12.3. The van der Waals surface area contributed by atoms with Gasteiger partial charge in [-0.2, -0.15) is 0 Å². The first-order chi connectivity index (χ1) is 29.5. The van der Waals surface area contributed by atoms with E-state index in [4.69, 9.17) is 4.74 Å². The second-order valence-corrected chi connectivity index (χ2v) is 16.3. The van der Waals surface area contributed by atoms with Crippen LogP contribution in [-0.4, -0.2) is 6.71 Å². The van der Waals surface area contributed by atoms with Gasteiger partial charge in [0.15, 0.2) is 11.5 Å². The maximum atomic E-state index is 7.16. The molecule has 9 aromatic rings. The Kier molecular flexibility index (Phi) is 8.64. The van der Waals surface area contributed by atoms with Crippen molar-refractivity contribution in [2.75, 3.05) is 4.90 Å². The number of rotatable bonds is 6. The summed E-state index contributed by atoms with van der Waals surface area (Å²) in [5.41, 5.74) is 22.9. The van der Waals surface area contributed by atoms with Crippen LogP contribution in [0, 0.1) is 20.8 Å². The Labute approximate surface area is 353 Å². The van der Waals surface area contributed by atoms with Crippen LogP contribution in [0.5, 0.6) is 11.5 Å². The van der Waals surface area contributed by atoms with Crippen LogP contribution >= 0.6 is 0 Å². The number of hydrogen-bond acceptors (Lipinski definition) is 2. The molecule has 0 amide bonds. The van der Waals surface area contributed by atoms with E-state index in [9.17, 15) is 0 Å². The summed E-state index contributed by atoms with van der Waals surface area (Å²) in [4.78, 5) is 2.47. The standard InChI is InChI=1S/C57H42BNO/c1-37-31-38(2)56(39(3)32-37)58-50-33-47(42-17-11-6-12-18-42)27-29-52(50)59-53-30-28-48(45-23-19-43(20-24-45)40-13-7-4-8-14-40)35-54(53)60-55-36-49(34-51(58)57(55)59)46-25-21-44(22-26-46)41-15-9-5-10-16-41/h4-36H,1-3H3. The minimum Gasteiger partial charge on any atom is -0.453 e. The molecule has 0 saturated heterocycles. The molecule has 0 bridgehead atoms. The number of nitrogens with zero attached hydrogens (tertiary/aromatic N) is 1. The fourth-order valence-corrected chi connectivity index (χ4v) is 9.68. The highest BCUT2D eigenvalue weighted by Crippen LogP contribution is 2.53. The molecule has 0 saturated carbocycles. The van der Waals surface area contributed by atoms with Gasteiger partial charge in [-0.15, -0.1) is 0 Å². The van der Waals surface area contributed by atoms with Crippen molar-refractivity contribution in [1.29, 1.82) is 0 Å². The maximum absolute atomic E-state index is 7.16. The predicted octanol–water partition coefficient (Wildman–Crippen LogP) is 13.4. The number of ether oxygens (including phenoxy) is 1. The summed E-state index contributed by atoms with van der Waals surface area (Å²) in [5, 5.41) is 0. The highest BCUT2D eigenvalue weighted by Gasteiger charge is 2.42. The summed E-state index contributed by atoms with van der Waals surface area (Å²) in [6.07, 6.45) is 0. The monoisotopic (exact) mass is 767 g/mol. The number of fused-ring (bicyclic) bond motifs is 4. The van der Waals surface area contributed by atoms with Gasteiger partial charge in [-0.3, -0.25) is 0 Å². The molecule has 284 valence electrons. The van der Waals surface area contributed by atoms with Crippen molar-refractivity contribution in [3.63, 3.8) is 0 Å². The van der Waals surface area contributed by atoms with Crippen LogP contribution in [0.1, 0.15) is 16.7 Å². The van der Waals surface area contributed by atoms with Gasteiger partial charge >= 0.3 is 0 Å². The molecule has 0 radical (unpaired) electrons. The minimum atomic E-state index is -0.0228. The van der Waals surface area contributed by atoms with Gasteiger partial charge in [0.2, 0.25) is 6.71 Å². The molecule has 0 fully saturated rings. The smallest absolute Gasteiger partial charge is 0.247 e. The van der Waals surface area contributed by atoms with E-state index >= 15 is 0 Å². The topological polar surface area (TPSA) is 12.5 Å². The summed E-state index contributed by atoms with van der Waals surface area (Å²) < 4.78 is 7.16. The third-order valence-corrected chi connectivity index (χ3v) is 12.4. The molecule has 60 heavy (non-hydrogen) atoms. The number of aryl methyl sites for hydroxylation is 3. The summed E-state index contributed by atoms with van der Waals surface area (Å²) in [5.74, 6) is 1.71. The largest absolute Gasteiger partial charge is 0.453 e. The molecule has 3 heteroatoms. The molecular weight excluding hydrogens is 725 g/mol. The third kappa shape index (κ3) is 6.13. The highest BCUT2D eigenvalue weighted by molar-refractivity contribution is 6.98. The molecule has 0 spiro atoms. The molecule has 0 aliphatic carbocycles. The molecule has 0 N–H and O–H groups in total. The van der Waals surface area contributed by atoms with Gasteiger partial charge in [0.25, 0.3) is 0 Å². The van der Waals surface area contributed by atoms with Crippen molar-refractivity contribution in [1.82, 2.24) is 0 Å². The van der Waals surface area contributed by atoms with Crippen LogP contribution < -0.4 is 26.0 Å². The molecule has 11 rings (SSSR count). The second kappa shape index (κ2) is 14.5. The van der Waals surface area contributed by atoms with E-state index in [1.807, 2.05) is 0 Å². The van der Waals surface area contributed by atoms with E-state index in [1.54, 1.807) is 0 Å². The molecule has 2 nitrogen and oxygen atoms in total. The van der Waals surface area contributed by atoms with Gasteiger partial charge in [-0.25, -0.2) is 0 Å². The van der Waals surface area contributed by atoms with Crippen LogP contribution in [0.3, 0.4) is 0 Å². The lowest BCUT2D eigenvalue weighted by atomic mass is 9.33. The molecule has 0 aromatic heterocycles. The molecule has 2 aliphatic heterocycles. The van der Waals surface area contributed by atoms with E-state index in [2.05, 4.69) is 226 Å². The van der Waals surface area contributed by atoms with E-state index in [0.717, 1.165) is 45.1 Å². The Morgan fingerprint density at radius 1 is 0.350 bits per heavy atom. The average molecular weight is 768 g/mol. The quantitative estimate of drug-likeness (QED) is 0.156. The van der Waals surface area contributed by atoms with E-state index in [1.165, 1.54) is 72.1 Å². The molecule has 0 unspecified atom stereocenters. The van der Waals surface area contributed by atoms with Gasteiger partial charge in [0.1, 0.15) is 0 Å². The number of benzene rings is 9. The zero-order valence-corrected chi connectivity index (χ0v) is 34.0. The number of hydrogen-bond donors (Lipinski definition) is 0. The van der Waals surface area contributed by atoms with Crippen LogP contribution in [0.2, 0.25) is 0 Å². The van der Waals surface area contributed by atoms with Crippen LogP contribution in [-0.2, 0) is 0 Å². The second-order valence-electron chi connectivity index (χ2n) is 16.3. The van der Waals surface area contributed by atoms with Crippen molar-refractivity contribution in [3.8, 4) is 67.1 Å². The molecule has 9 aromatic carbocycles. The summed E-state index contributed by atoms with van der Waals surface area (Å²) >= 11 is 0. The van der Waals surface area contributed by atoms with Crippen molar-refractivity contribution in [2.24, 2.45) is 0 Å². The van der Waals surface area contributed by atoms with Gasteiger partial charge in [-0.05, 0) is 112 Å². The first kappa shape index (κ1) is 35.8. The Bertz CT molecular complexity index is 3040. The lowest BCUT2D eigenvalue weighted by Gasteiger charge is -2.42. The van der Waals surface area contributed by atoms with E-state index in [-0.39, 0.29) is 6.71 Å². The first-order valence-corrected chi connectivity index (χ1v) is 20.9. The third-order valence-electron chi connectivity index (χ3n) is 12.4. The summed E-state index contributed by atoms with van der Waals surface area (Å²) in [7, 11) is 0.